The molecule has 30 heavy (non-hydrogen) atoms. The van der Waals surface area contributed by atoms with Crippen LogP contribution in [0.4, 0.5) is 17.5 Å². The Balaban J connectivity index is 1.66. The molecule has 1 aromatic carbocycles. The quantitative estimate of drug-likeness (QED) is 0.483. The van der Waals surface area contributed by atoms with Crippen LogP contribution in [0.3, 0.4) is 0 Å². The summed E-state index contributed by atoms with van der Waals surface area (Å²) < 4.78 is 1.91. The number of benzene rings is 1. The van der Waals surface area contributed by atoms with E-state index in [0.717, 1.165) is 54.4 Å². The first-order valence-electron chi connectivity index (χ1n) is 10.3. The molecule has 2 atom stereocenters. The van der Waals surface area contributed by atoms with E-state index in [1.165, 1.54) is 0 Å². The summed E-state index contributed by atoms with van der Waals surface area (Å²) in [7, 11) is 0. The van der Waals surface area contributed by atoms with Gasteiger partial charge in [0.25, 0.3) is 5.91 Å². The van der Waals surface area contributed by atoms with Gasteiger partial charge in [-0.1, -0.05) is 12.8 Å². The van der Waals surface area contributed by atoms with Crippen molar-refractivity contribution in [2.24, 2.45) is 11.5 Å². The van der Waals surface area contributed by atoms with Crippen LogP contribution in [0.5, 0.6) is 0 Å². The van der Waals surface area contributed by atoms with Gasteiger partial charge in [0.2, 0.25) is 5.95 Å². The number of nitrogens with one attached hydrogen (secondary N) is 2. The molecule has 6 N–H and O–H groups in total. The Morgan fingerprint density at radius 1 is 1.27 bits per heavy atom. The van der Waals surface area contributed by atoms with Crippen molar-refractivity contribution in [3.63, 3.8) is 0 Å². The highest BCUT2D eigenvalue weighted by Gasteiger charge is 2.23. The van der Waals surface area contributed by atoms with Gasteiger partial charge in [0.1, 0.15) is 0 Å². The number of carbonyl (C=O) groups is 1. The van der Waals surface area contributed by atoms with E-state index in [-0.39, 0.29) is 23.6 Å². The van der Waals surface area contributed by atoms with Gasteiger partial charge in [-0.3, -0.25) is 9.48 Å². The first kappa shape index (κ1) is 20.0. The molecule has 0 bridgehead atoms. The molecular weight excluding hydrogens is 382 g/mol. The van der Waals surface area contributed by atoms with E-state index in [2.05, 4.69) is 30.9 Å². The summed E-state index contributed by atoms with van der Waals surface area (Å²) in [5.41, 5.74) is 14.5. The lowest BCUT2D eigenvalue weighted by molar-refractivity contribution is 0.0995. The molecule has 2 heterocycles. The minimum absolute atomic E-state index is 0.0183. The molecule has 1 amide bonds. The molecule has 1 saturated carbocycles. The van der Waals surface area contributed by atoms with Gasteiger partial charge in [0.05, 0.1) is 11.7 Å². The maximum atomic E-state index is 11.9. The molecule has 0 spiro atoms. The summed E-state index contributed by atoms with van der Waals surface area (Å²) >= 11 is 0. The number of hydrogen-bond donors (Lipinski definition) is 4. The number of primary amides is 1. The van der Waals surface area contributed by atoms with Crippen molar-refractivity contribution in [2.45, 2.75) is 58.2 Å². The van der Waals surface area contributed by atoms with Crippen LogP contribution in [0, 0.1) is 6.92 Å². The zero-order chi connectivity index (χ0) is 21.3. The fraction of sp³-hybridized carbons (Fsp3) is 0.450. The van der Waals surface area contributed by atoms with Crippen LogP contribution < -0.4 is 22.1 Å². The summed E-state index contributed by atoms with van der Waals surface area (Å²) in [4.78, 5) is 16.4. The van der Waals surface area contributed by atoms with Crippen LogP contribution in [0.1, 0.15) is 48.7 Å². The van der Waals surface area contributed by atoms with Gasteiger partial charge >= 0.3 is 0 Å². The molecule has 2 aromatic heterocycles. The number of hydrogen-bond acceptors (Lipinski definition) is 8. The highest BCUT2D eigenvalue weighted by Crippen LogP contribution is 2.27. The molecule has 10 nitrogen and oxygen atoms in total. The average molecular weight is 409 g/mol. The standard InChI is InChI=1S/C20H27N9O/c1-3-29-16-9-12(8-11(2)13(16)10-23-29)24-19-17(18(22)30)27-28-20(26-19)25-15-7-5-4-6-14(15)21/h8-10,14-15H,3-7,21H2,1-2H3,(H2,22,30)(H2,24,25,26,28)/t14-,15+/m0/s1. The van der Waals surface area contributed by atoms with Crippen LogP contribution in [-0.2, 0) is 6.54 Å². The SMILES string of the molecule is CCn1ncc2c(C)cc(Nc3nc(N[C@@H]4CCCC[C@@H]4N)nnc3C(N)=O)cc21. The Morgan fingerprint density at radius 2 is 2.07 bits per heavy atom. The van der Waals surface area contributed by atoms with Crippen molar-refractivity contribution in [3.05, 3.63) is 29.6 Å². The van der Waals surface area contributed by atoms with E-state index >= 15 is 0 Å². The van der Waals surface area contributed by atoms with Crippen LogP contribution in [0.15, 0.2) is 18.3 Å². The highest BCUT2D eigenvalue weighted by atomic mass is 16.1. The van der Waals surface area contributed by atoms with Crippen molar-refractivity contribution < 1.29 is 4.79 Å². The van der Waals surface area contributed by atoms with E-state index in [9.17, 15) is 4.79 Å². The number of nitrogens with two attached hydrogens (primary N) is 2. The monoisotopic (exact) mass is 409 g/mol. The lowest BCUT2D eigenvalue weighted by Crippen LogP contribution is -2.43. The van der Waals surface area contributed by atoms with Crippen LogP contribution in [0.2, 0.25) is 0 Å². The Hall–Kier alpha value is -3.27. The zero-order valence-electron chi connectivity index (χ0n) is 17.2. The third-order valence-corrected chi connectivity index (χ3v) is 5.59. The molecular formula is C20H27N9O. The molecule has 1 fully saturated rings. The maximum Gasteiger partial charge on any atom is 0.273 e. The van der Waals surface area contributed by atoms with Crippen LogP contribution >= 0.6 is 0 Å². The van der Waals surface area contributed by atoms with Crippen molar-refractivity contribution in [2.75, 3.05) is 10.6 Å². The number of anilines is 3. The topological polar surface area (TPSA) is 150 Å². The Bertz CT molecular complexity index is 1080. The second-order valence-corrected chi connectivity index (χ2v) is 7.71. The number of carbonyl (C=O) groups excluding carboxylic acids is 1. The van der Waals surface area contributed by atoms with Crippen molar-refractivity contribution in [3.8, 4) is 0 Å². The normalized spacial score (nSPS) is 19.0. The molecule has 1 aliphatic carbocycles. The maximum absolute atomic E-state index is 11.9. The fourth-order valence-corrected chi connectivity index (χ4v) is 3.96. The summed E-state index contributed by atoms with van der Waals surface area (Å²) in [6, 6.07) is 4.05. The number of fused-ring (bicyclic) bond motifs is 1. The third-order valence-electron chi connectivity index (χ3n) is 5.59. The molecule has 0 saturated heterocycles. The minimum Gasteiger partial charge on any atom is -0.364 e. The average Bonchev–Trinajstić information content (AvgIpc) is 3.13. The van der Waals surface area contributed by atoms with Crippen molar-refractivity contribution >= 4 is 34.3 Å². The van der Waals surface area contributed by atoms with E-state index in [4.69, 9.17) is 11.5 Å². The summed E-state index contributed by atoms with van der Waals surface area (Å²) in [6.45, 7) is 4.80. The van der Waals surface area contributed by atoms with E-state index in [0.29, 0.717) is 5.95 Å². The molecule has 10 heteroatoms. The van der Waals surface area contributed by atoms with Gasteiger partial charge in [0.15, 0.2) is 11.5 Å². The second-order valence-electron chi connectivity index (χ2n) is 7.71. The third kappa shape index (κ3) is 3.90. The van der Waals surface area contributed by atoms with Gasteiger partial charge < -0.3 is 22.1 Å². The van der Waals surface area contributed by atoms with Crippen LogP contribution in [-0.4, -0.2) is 43.0 Å². The minimum atomic E-state index is -0.699. The van der Waals surface area contributed by atoms with Crippen LogP contribution in [0.25, 0.3) is 10.9 Å². The Kier molecular flexibility index (Phi) is 5.49. The number of aryl methyl sites for hydroxylation is 2. The Labute approximate surface area is 174 Å². The predicted octanol–water partition coefficient (Wildman–Crippen LogP) is 2.07. The number of amides is 1. The number of aromatic nitrogens is 5. The van der Waals surface area contributed by atoms with E-state index < -0.39 is 5.91 Å². The fourth-order valence-electron chi connectivity index (χ4n) is 3.96. The van der Waals surface area contributed by atoms with Gasteiger partial charge in [-0.2, -0.15) is 10.1 Å². The molecule has 158 valence electrons. The lowest BCUT2D eigenvalue weighted by Gasteiger charge is -2.29. The highest BCUT2D eigenvalue weighted by molar-refractivity contribution is 5.96. The zero-order valence-corrected chi connectivity index (χ0v) is 17.2. The van der Waals surface area contributed by atoms with Crippen molar-refractivity contribution in [1.29, 1.82) is 0 Å². The second kappa shape index (κ2) is 8.23. The molecule has 0 aliphatic heterocycles. The molecule has 0 unspecified atom stereocenters. The molecule has 4 rings (SSSR count). The van der Waals surface area contributed by atoms with Gasteiger partial charge in [-0.15, -0.1) is 10.2 Å². The molecule has 3 aromatic rings. The van der Waals surface area contributed by atoms with Crippen molar-refractivity contribution in [1.82, 2.24) is 25.0 Å². The van der Waals surface area contributed by atoms with E-state index in [1.807, 2.05) is 36.9 Å². The molecule has 0 radical (unpaired) electrons. The van der Waals surface area contributed by atoms with E-state index in [1.54, 1.807) is 0 Å². The smallest absolute Gasteiger partial charge is 0.273 e. The summed E-state index contributed by atoms with van der Waals surface area (Å²) in [5, 5.41) is 20.0. The first-order chi connectivity index (χ1) is 14.5. The largest absolute Gasteiger partial charge is 0.364 e. The summed E-state index contributed by atoms with van der Waals surface area (Å²) in [5.74, 6) is -0.123. The number of rotatable bonds is 6. The van der Waals surface area contributed by atoms with Gasteiger partial charge in [-0.05, 0) is 44.4 Å². The van der Waals surface area contributed by atoms with Gasteiger partial charge in [-0.25, -0.2) is 0 Å². The predicted molar refractivity (Wildman–Crippen MR) is 116 cm³/mol. The summed E-state index contributed by atoms with van der Waals surface area (Å²) in [6.07, 6.45) is 5.99. The lowest BCUT2D eigenvalue weighted by atomic mass is 9.91. The molecule has 1 aliphatic rings. The Morgan fingerprint density at radius 3 is 2.80 bits per heavy atom. The van der Waals surface area contributed by atoms with Gasteiger partial charge in [0, 0.05) is 29.7 Å². The number of nitrogens with zero attached hydrogens (tertiary/aromatic N) is 5. The first-order valence-corrected chi connectivity index (χ1v) is 10.3.